The Kier molecular flexibility index (Phi) is 4.55. The molecule has 104 valence electrons. The number of rotatable bonds is 5. The van der Waals surface area contributed by atoms with Crippen LogP contribution in [0, 0.1) is 0 Å². The van der Waals surface area contributed by atoms with E-state index in [1.165, 1.54) is 0 Å². The Morgan fingerprint density at radius 3 is 2.35 bits per heavy atom. The van der Waals surface area contributed by atoms with E-state index in [2.05, 4.69) is 10.3 Å². The highest BCUT2D eigenvalue weighted by molar-refractivity contribution is 5.54. The molecule has 5 heteroatoms. The SMILES string of the molecule is COc1ccc(N=NN(C)c2ccccc2)c(OC)c1. The number of anilines is 1. The average Bonchev–Trinajstić information content (AvgIpc) is 2.53. The maximum absolute atomic E-state index is 5.27. The maximum Gasteiger partial charge on any atom is 0.150 e. The van der Waals surface area contributed by atoms with Crippen molar-refractivity contribution in [2.75, 3.05) is 26.3 Å². The van der Waals surface area contributed by atoms with Crippen LogP contribution in [0.2, 0.25) is 0 Å². The molecule has 20 heavy (non-hydrogen) atoms. The van der Waals surface area contributed by atoms with Crippen LogP contribution in [-0.2, 0) is 0 Å². The lowest BCUT2D eigenvalue weighted by molar-refractivity contribution is 0.395. The van der Waals surface area contributed by atoms with Crippen molar-refractivity contribution in [1.29, 1.82) is 0 Å². The summed E-state index contributed by atoms with van der Waals surface area (Å²) in [7, 11) is 5.04. The van der Waals surface area contributed by atoms with Crippen LogP contribution < -0.4 is 14.5 Å². The fourth-order valence-electron chi connectivity index (χ4n) is 1.68. The van der Waals surface area contributed by atoms with Gasteiger partial charge in [0.1, 0.15) is 17.2 Å². The van der Waals surface area contributed by atoms with Crippen LogP contribution in [0.4, 0.5) is 11.4 Å². The number of hydrogen-bond acceptors (Lipinski definition) is 4. The summed E-state index contributed by atoms with van der Waals surface area (Å²) >= 11 is 0. The van der Waals surface area contributed by atoms with Crippen molar-refractivity contribution in [3.63, 3.8) is 0 Å². The van der Waals surface area contributed by atoms with Crippen LogP contribution >= 0.6 is 0 Å². The molecule has 0 unspecified atom stereocenters. The van der Waals surface area contributed by atoms with Gasteiger partial charge in [-0.2, -0.15) is 0 Å². The first kappa shape index (κ1) is 13.9. The Labute approximate surface area is 118 Å². The summed E-state index contributed by atoms with van der Waals surface area (Å²) in [6.07, 6.45) is 0. The van der Waals surface area contributed by atoms with Crippen LogP contribution in [0.1, 0.15) is 0 Å². The van der Waals surface area contributed by atoms with Crippen LogP contribution in [0.5, 0.6) is 11.5 Å². The van der Waals surface area contributed by atoms with Crippen molar-refractivity contribution < 1.29 is 9.47 Å². The molecule has 0 aliphatic rings. The first-order chi connectivity index (χ1) is 9.74. The molecule has 2 aromatic carbocycles. The van der Waals surface area contributed by atoms with E-state index >= 15 is 0 Å². The van der Waals surface area contributed by atoms with Crippen LogP contribution in [0.25, 0.3) is 0 Å². The number of ether oxygens (including phenoxy) is 2. The second-order valence-corrected chi connectivity index (χ2v) is 4.09. The van der Waals surface area contributed by atoms with Gasteiger partial charge in [0.25, 0.3) is 0 Å². The summed E-state index contributed by atoms with van der Waals surface area (Å²) in [5, 5.41) is 10.1. The standard InChI is InChI=1S/C15H17N3O2/c1-18(12-7-5-4-6-8-12)17-16-14-10-9-13(19-2)11-15(14)20-3/h4-11H,1-3H3. The molecule has 0 fully saturated rings. The third kappa shape index (κ3) is 3.26. The van der Waals surface area contributed by atoms with E-state index in [0.717, 1.165) is 11.4 Å². The minimum Gasteiger partial charge on any atom is -0.497 e. The number of hydrogen-bond donors (Lipinski definition) is 0. The van der Waals surface area contributed by atoms with Crippen molar-refractivity contribution in [3.05, 3.63) is 48.5 Å². The van der Waals surface area contributed by atoms with Gasteiger partial charge < -0.3 is 9.47 Å². The molecule has 0 aliphatic heterocycles. The van der Waals surface area contributed by atoms with Crippen molar-refractivity contribution in [3.8, 4) is 11.5 Å². The summed E-state index contributed by atoms with van der Waals surface area (Å²) in [4.78, 5) is 0. The molecule has 2 aromatic rings. The second-order valence-electron chi connectivity index (χ2n) is 4.09. The molecule has 0 radical (unpaired) electrons. The molecular weight excluding hydrogens is 254 g/mol. The topological polar surface area (TPSA) is 46.4 Å². The molecule has 0 heterocycles. The van der Waals surface area contributed by atoms with Gasteiger partial charge in [-0.3, -0.25) is 0 Å². The molecule has 2 rings (SSSR count). The molecule has 0 aromatic heterocycles. The minimum atomic E-state index is 0.620. The van der Waals surface area contributed by atoms with Gasteiger partial charge in [0.2, 0.25) is 0 Å². The van der Waals surface area contributed by atoms with E-state index in [-0.39, 0.29) is 0 Å². The van der Waals surface area contributed by atoms with Crippen molar-refractivity contribution in [2.45, 2.75) is 0 Å². The number of benzene rings is 2. The Hall–Kier alpha value is -2.56. The van der Waals surface area contributed by atoms with E-state index in [0.29, 0.717) is 11.4 Å². The van der Waals surface area contributed by atoms with Gasteiger partial charge in [-0.1, -0.05) is 23.4 Å². The lowest BCUT2D eigenvalue weighted by Gasteiger charge is -2.11. The van der Waals surface area contributed by atoms with Gasteiger partial charge in [0.05, 0.1) is 19.9 Å². The molecule has 0 atom stereocenters. The Morgan fingerprint density at radius 1 is 0.950 bits per heavy atom. The molecule has 0 amide bonds. The fourth-order valence-corrected chi connectivity index (χ4v) is 1.68. The Balaban J connectivity index is 2.19. The maximum atomic E-state index is 5.27. The smallest absolute Gasteiger partial charge is 0.150 e. The van der Waals surface area contributed by atoms with Crippen LogP contribution in [0.15, 0.2) is 58.9 Å². The predicted molar refractivity (Wildman–Crippen MR) is 78.9 cm³/mol. The van der Waals surface area contributed by atoms with Gasteiger partial charge in [-0.25, -0.2) is 5.01 Å². The van der Waals surface area contributed by atoms with Crippen LogP contribution in [-0.4, -0.2) is 21.3 Å². The summed E-state index contributed by atoms with van der Waals surface area (Å²) in [5.74, 6) is 1.34. The number of methoxy groups -OCH3 is 2. The quantitative estimate of drug-likeness (QED) is 0.613. The van der Waals surface area contributed by atoms with E-state index in [1.54, 1.807) is 31.4 Å². The van der Waals surface area contributed by atoms with Gasteiger partial charge >= 0.3 is 0 Å². The molecule has 0 spiro atoms. The lowest BCUT2D eigenvalue weighted by atomic mass is 10.3. The highest BCUT2D eigenvalue weighted by Crippen LogP contribution is 2.31. The normalized spacial score (nSPS) is 10.6. The van der Waals surface area contributed by atoms with Crippen molar-refractivity contribution in [2.24, 2.45) is 10.3 Å². The van der Waals surface area contributed by atoms with Gasteiger partial charge in [-0.15, -0.1) is 5.11 Å². The highest BCUT2D eigenvalue weighted by atomic mass is 16.5. The summed E-state index contributed by atoms with van der Waals surface area (Å²) in [6.45, 7) is 0. The average molecular weight is 271 g/mol. The third-order valence-electron chi connectivity index (χ3n) is 2.80. The largest absolute Gasteiger partial charge is 0.497 e. The first-order valence-corrected chi connectivity index (χ1v) is 6.17. The monoisotopic (exact) mass is 271 g/mol. The number of para-hydroxylation sites is 1. The highest BCUT2D eigenvalue weighted by Gasteiger charge is 2.04. The van der Waals surface area contributed by atoms with Crippen molar-refractivity contribution >= 4 is 11.4 Å². The summed E-state index contributed by atoms with van der Waals surface area (Å²) < 4.78 is 10.4. The second kappa shape index (κ2) is 6.56. The van der Waals surface area contributed by atoms with E-state index in [4.69, 9.17) is 9.47 Å². The zero-order valence-corrected chi connectivity index (χ0v) is 11.8. The third-order valence-corrected chi connectivity index (χ3v) is 2.80. The number of nitrogens with zero attached hydrogens (tertiary/aromatic N) is 3. The summed E-state index contributed by atoms with van der Waals surface area (Å²) in [5.41, 5.74) is 1.61. The molecule has 0 bridgehead atoms. The van der Waals surface area contributed by atoms with E-state index in [1.807, 2.05) is 43.4 Å². The van der Waals surface area contributed by atoms with Crippen molar-refractivity contribution in [1.82, 2.24) is 0 Å². The Morgan fingerprint density at radius 2 is 1.70 bits per heavy atom. The molecule has 0 saturated heterocycles. The summed E-state index contributed by atoms with van der Waals surface area (Å²) in [6, 6.07) is 15.2. The zero-order valence-electron chi connectivity index (χ0n) is 11.8. The molecule has 0 saturated carbocycles. The van der Waals surface area contributed by atoms with E-state index in [9.17, 15) is 0 Å². The van der Waals surface area contributed by atoms with Gasteiger partial charge in [0, 0.05) is 13.1 Å². The zero-order chi connectivity index (χ0) is 14.4. The Bertz CT molecular complexity index is 585. The van der Waals surface area contributed by atoms with Crippen LogP contribution in [0.3, 0.4) is 0 Å². The molecule has 0 N–H and O–H groups in total. The molecule has 0 aliphatic carbocycles. The van der Waals surface area contributed by atoms with Gasteiger partial charge in [-0.05, 0) is 24.3 Å². The van der Waals surface area contributed by atoms with E-state index < -0.39 is 0 Å². The molecular formula is C15H17N3O2. The molecule has 5 nitrogen and oxygen atoms in total. The minimum absolute atomic E-state index is 0.620. The predicted octanol–water partition coefficient (Wildman–Crippen LogP) is 3.84. The van der Waals surface area contributed by atoms with Gasteiger partial charge in [0.15, 0.2) is 0 Å². The lowest BCUT2D eigenvalue weighted by Crippen LogP contribution is -2.06. The fraction of sp³-hybridized carbons (Fsp3) is 0.200. The first-order valence-electron chi connectivity index (χ1n) is 6.17.